The SMILES string of the molecule is CCNC(=NCc1ccccc1-n1nc(C)cc1C)NCCCS(C)(=O)=O. The van der Waals surface area contributed by atoms with E-state index in [0.29, 0.717) is 25.5 Å². The van der Waals surface area contributed by atoms with E-state index in [1.165, 1.54) is 6.26 Å². The third-order valence-corrected chi connectivity index (χ3v) is 5.00. The second kappa shape index (κ2) is 9.55. The number of hydrogen-bond acceptors (Lipinski definition) is 4. The van der Waals surface area contributed by atoms with Gasteiger partial charge in [-0.2, -0.15) is 5.10 Å². The molecule has 1 aromatic carbocycles. The van der Waals surface area contributed by atoms with Gasteiger partial charge in [-0.25, -0.2) is 18.1 Å². The van der Waals surface area contributed by atoms with Crippen LogP contribution in [-0.4, -0.2) is 49.3 Å². The molecule has 1 heterocycles. The number of hydrogen-bond donors (Lipinski definition) is 2. The van der Waals surface area contributed by atoms with E-state index in [9.17, 15) is 8.42 Å². The lowest BCUT2D eigenvalue weighted by Gasteiger charge is -2.13. The number of nitrogens with one attached hydrogen (secondary N) is 2. The number of rotatable bonds is 8. The van der Waals surface area contributed by atoms with Gasteiger partial charge in [-0.3, -0.25) is 0 Å². The number of sulfone groups is 1. The van der Waals surface area contributed by atoms with Crippen molar-refractivity contribution in [3.05, 3.63) is 47.3 Å². The Bertz CT molecular complexity index is 887. The molecule has 0 saturated carbocycles. The van der Waals surface area contributed by atoms with Crippen LogP contribution < -0.4 is 10.6 Å². The van der Waals surface area contributed by atoms with Crippen LogP contribution in [-0.2, 0) is 16.4 Å². The van der Waals surface area contributed by atoms with Gasteiger partial charge in [0.05, 0.1) is 23.7 Å². The van der Waals surface area contributed by atoms with Crippen LogP contribution in [0.2, 0.25) is 0 Å². The number of benzene rings is 1. The quantitative estimate of drug-likeness (QED) is 0.408. The second-order valence-corrected chi connectivity index (χ2v) is 8.83. The summed E-state index contributed by atoms with van der Waals surface area (Å²) in [6.07, 6.45) is 1.80. The van der Waals surface area contributed by atoms with E-state index in [0.717, 1.165) is 29.2 Å². The maximum absolute atomic E-state index is 11.2. The molecule has 0 unspecified atom stereocenters. The largest absolute Gasteiger partial charge is 0.357 e. The Labute approximate surface area is 161 Å². The molecule has 0 aliphatic carbocycles. The molecule has 2 N–H and O–H groups in total. The minimum atomic E-state index is -2.94. The van der Waals surface area contributed by atoms with Crippen LogP contribution >= 0.6 is 0 Å². The van der Waals surface area contributed by atoms with Gasteiger partial charge < -0.3 is 10.6 Å². The highest BCUT2D eigenvalue weighted by molar-refractivity contribution is 7.90. The minimum Gasteiger partial charge on any atom is -0.357 e. The van der Waals surface area contributed by atoms with Gasteiger partial charge in [-0.05, 0) is 44.9 Å². The van der Waals surface area contributed by atoms with Gasteiger partial charge in [0, 0.05) is 25.0 Å². The molecule has 0 aliphatic heterocycles. The van der Waals surface area contributed by atoms with Crippen LogP contribution in [0.4, 0.5) is 0 Å². The first-order chi connectivity index (χ1) is 12.8. The number of aryl methyl sites for hydroxylation is 2. The highest BCUT2D eigenvalue weighted by Crippen LogP contribution is 2.17. The Morgan fingerprint density at radius 1 is 1.22 bits per heavy atom. The van der Waals surface area contributed by atoms with Gasteiger partial charge in [-0.1, -0.05) is 18.2 Å². The van der Waals surface area contributed by atoms with E-state index in [2.05, 4.69) is 20.7 Å². The van der Waals surface area contributed by atoms with Gasteiger partial charge in [0.2, 0.25) is 0 Å². The molecule has 148 valence electrons. The zero-order chi connectivity index (χ0) is 19.9. The van der Waals surface area contributed by atoms with E-state index < -0.39 is 9.84 Å². The fourth-order valence-electron chi connectivity index (χ4n) is 2.77. The average Bonchev–Trinajstić information content (AvgIpc) is 2.94. The van der Waals surface area contributed by atoms with Crippen molar-refractivity contribution < 1.29 is 8.42 Å². The van der Waals surface area contributed by atoms with Crippen molar-refractivity contribution in [3.8, 4) is 5.69 Å². The molecule has 27 heavy (non-hydrogen) atoms. The van der Waals surface area contributed by atoms with Crippen LogP contribution in [0.1, 0.15) is 30.3 Å². The summed E-state index contributed by atoms with van der Waals surface area (Å²) in [6, 6.07) is 10.1. The number of aromatic nitrogens is 2. The molecule has 0 radical (unpaired) electrons. The molecule has 0 bridgehead atoms. The van der Waals surface area contributed by atoms with Crippen LogP contribution in [0, 0.1) is 13.8 Å². The molecule has 2 aromatic rings. The van der Waals surface area contributed by atoms with Crippen molar-refractivity contribution >= 4 is 15.8 Å². The van der Waals surface area contributed by atoms with Crippen LogP contribution in [0.25, 0.3) is 5.69 Å². The van der Waals surface area contributed by atoms with Crippen molar-refractivity contribution in [1.29, 1.82) is 0 Å². The van der Waals surface area contributed by atoms with Crippen LogP contribution in [0.5, 0.6) is 0 Å². The predicted molar refractivity (Wildman–Crippen MR) is 110 cm³/mol. The maximum atomic E-state index is 11.2. The highest BCUT2D eigenvalue weighted by Gasteiger charge is 2.09. The van der Waals surface area contributed by atoms with Gasteiger partial charge >= 0.3 is 0 Å². The van der Waals surface area contributed by atoms with Crippen molar-refractivity contribution in [2.45, 2.75) is 33.7 Å². The summed E-state index contributed by atoms with van der Waals surface area (Å²) in [5.74, 6) is 0.842. The third-order valence-electron chi connectivity index (χ3n) is 3.97. The second-order valence-electron chi connectivity index (χ2n) is 6.57. The first-order valence-electron chi connectivity index (χ1n) is 9.11. The lowest BCUT2D eigenvalue weighted by Crippen LogP contribution is -2.38. The summed E-state index contributed by atoms with van der Waals surface area (Å²) in [5, 5.41) is 11.0. The molecule has 0 spiro atoms. The Hall–Kier alpha value is -2.35. The normalized spacial score (nSPS) is 12.2. The fourth-order valence-corrected chi connectivity index (χ4v) is 3.44. The van der Waals surface area contributed by atoms with Gasteiger partial charge in [0.1, 0.15) is 9.84 Å². The Kier molecular flexibility index (Phi) is 7.41. The number of nitrogens with zero attached hydrogens (tertiary/aromatic N) is 3. The monoisotopic (exact) mass is 391 g/mol. The molecular weight excluding hydrogens is 362 g/mol. The zero-order valence-electron chi connectivity index (χ0n) is 16.5. The molecule has 0 saturated heterocycles. The smallest absolute Gasteiger partial charge is 0.191 e. The Balaban J connectivity index is 2.10. The van der Waals surface area contributed by atoms with Crippen LogP contribution in [0.3, 0.4) is 0 Å². The van der Waals surface area contributed by atoms with E-state index >= 15 is 0 Å². The summed E-state index contributed by atoms with van der Waals surface area (Å²) in [7, 11) is -2.94. The van der Waals surface area contributed by atoms with Gasteiger partial charge in [-0.15, -0.1) is 0 Å². The lowest BCUT2D eigenvalue weighted by molar-refractivity contribution is 0.598. The molecule has 8 heteroatoms. The molecular formula is C19H29N5O2S. The Morgan fingerprint density at radius 3 is 2.59 bits per heavy atom. The molecule has 0 atom stereocenters. The van der Waals surface area contributed by atoms with Gasteiger partial charge in [0.25, 0.3) is 0 Å². The van der Waals surface area contributed by atoms with Gasteiger partial charge in [0.15, 0.2) is 5.96 Å². The molecule has 7 nitrogen and oxygen atoms in total. The van der Waals surface area contributed by atoms with E-state index in [-0.39, 0.29) is 5.75 Å². The van der Waals surface area contributed by atoms with E-state index in [4.69, 9.17) is 0 Å². The maximum Gasteiger partial charge on any atom is 0.191 e. The topological polar surface area (TPSA) is 88.4 Å². The van der Waals surface area contributed by atoms with E-state index in [1.807, 2.05) is 55.8 Å². The first-order valence-corrected chi connectivity index (χ1v) is 11.2. The predicted octanol–water partition coefficient (Wildman–Crippen LogP) is 1.98. The third kappa shape index (κ3) is 6.71. The average molecular weight is 392 g/mol. The molecule has 0 fully saturated rings. The molecule has 0 amide bonds. The summed E-state index contributed by atoms with van der Waals surface area (Å²) in [5.41, 5.74) is 4.14. The fraction of sp³-hybridized carbons (Fsp3) is 0.474. The molecule has 0 aliphatic rings. The summed E-state index contributed by atoms with van der Waals surface area (Å²) < 4.78 is 24.4. The van der Waals surface area contributed by atoms with Crippen LogP contribution in [0.15, 0.2) is 35.3 Å². The molecule has 2 rings (SSSR count). The van der Waals surface area contributed by atoms with Crippen molar-refractivity contribution in [3.63, 3.8) is 0 Å². The Morgan fingerprint density at radius 2 is 1.96 bits per heavy atom. The van der Waals surface area contributed by atoms with Crippen molar-refractivity contribution in [2.75, 3.05) is 25.1 Å². The van der Waals surface area contributed by atoms with E-state index in [1.54, 1.807) is 0 Å². The minimum absolute atomic E-state index is 0.167. The van der Waals surface area contributed by atoms with Crippen molar-refractivity contribution in [2.24, 2.45) is 4.99 Å². The number of guanidine groups is 1. The summed E-state index contributed by atoms with van der Waals surface area (Å²) >= 11 is 0. The number of para-hydroxylation sites is 1. The first kappa shape index (κ1) is 21.0. The van der Waals surface area contributed by atoms with Crippen molar-refractivity contribution in [1.82, 2.24) is 20.4 Å². The summed E-state index contributed by atoms with van der Waals surface area (Å²) in [6.45, 7) is 7.80. The zero-order valence-corrected chi connectivity index (χ0v) is 17.3. The standard InChI is InChI=1S/C19H29N5O2S/c1-5-20-19(21-11-8-12-27(4,25)26)22-14-17-9-6-7-10-18(17)24-16(3)13-15(2)23-24/h6-7,9-10,13H,5,8,11-12,14H2,1-4H3,(H2,20,21,22). The molecule has 1 aromatic heterocycles. The summed E-state index contributed by atoms with van der Waals surface area (Å²) in [4.78, 5) is 4.64. The highest BCUT2D eigenvalue weighted by atomic mass is 32.2. The number of aliphatic imine (C=N–C) groups is 1. The lowest BCUT2D eigenvalue weighted by atomic mass is 10.2.